The summed E-state index contributed by atoms with van der Waals surface area (Å²) in [5, 5.41) is 3.22. The number of hydrogen-bond acceptors (Lipinski definition) is 5. The maximum atomic E-state index is 12.6. The zero-order valence-electron chi connectivity index (χ0n) is 20.9. The van der Waals surface area contributed by atoms with Crippen LogP contribution < -0.4 is 14.8 Å². The van der Waals surface area contributed by atoms with E-state index in [4.69, 9.17) is 4.74 Å². The summed E-state index contributed by atoms with van der Waals surface area (Å²) in [4.78, 5) is 15.0. The van der Waals surface area contributed by atoms with Crippen LogP contribution in [0.4, 0.5) is 5.69 Å². The fourth-order valence-corrected chi connectivity index (χ4v) is 5.56. The van der Waals surface area contributed by atoms with Gasteiger partial charge in [0.05, 0.1) is 6.26 Å². The van der Waals surface area contributed by atoms with Crippen molar-refractivity contribution in [1.29, 1.82) is 0 Å². The van der Waals surface area contributed by atoms with Crippen molar-refractivity contribution in [1.82, 2.24) is 10.2 Å². The summed E-state index contributed by atoms with van der Waals surface area (Å²) in [6, 6.07) is 14.8. The summed E-state index contributed by atoms with van der Waals surface area (Å²) in [6.07, 6.45) is 9.45. The summed E-state index contributed by atoms with van der Waals surface area (Å²) >= 11 is 0. The molecule has 2 aliphatic rings. The Morgan fingerprint density at radius 2 is 1.50 bits per heavy atom. The Bertz CT molecular complexity index is 1060. The average molecular weight is 536 g/mol. The van der Waals surface area contributed by atoms with Crippen LogP contribution in [0.25, 0.3) is 0 Å². The molecule has 36 heavy (non-hydrogen) atoms. The third-order valence-electron chi connectivity index (χ3n) is 6.97. The molecular weight excluding hydrogens is 498 g/mol. The lowest BCUT2D eigenvalue weighted by atomic mass is 9.89. The van der Waals surface area contributed by atoms with Crippen molar-refractivity contribution in [2.24, 2.45) is 11.8 Å². The Labute approximate surface area is 221 Å². The van der Waals surface area contributed by atoms with Crippen molar-refractivity contribution in [3.8, 4) is 11.5 Å². The second kappa shape index (κ2) is 13.3. The summed E-state index contributed by atoms with van der Waals surface area (Å²) in [6.45, 7) is 3.60. The number of anilines is 1. The van der Waals surface area contributed by atoms with Crippen LogP contribution in [0.15, 0.2) is 48.5 Å². The van der Waals surface area contributed by atoms with Gasteiger partial charge in [-0.15, -0.1) is 12.4 Å². The monoisotopic (exact) mass is 535 g/mol. The number of piperidine rings is 1. The molecule has 9 heteroatoms. The van der Waals surface area contributed by atoms with Crippen LogP contribution in [0.1, 0.15) is 50.5 Å². The second-order valence-electron chi connectivity index (χ2n) is 9.94. The predicted octanol–water partition coefficient (Wildman–Crippen LogP) is 5.18. The third-order valence-corrected chi connectivity index (χ3v) is 7.58. The molecule has 1 heterocycles. The normalized spacial score (nSPS) is 17.7. The van der Waals surface area contributed by atoms with Crippen molar-refractivity contribution in [2.75, 3.05) is 30.6 Å². The number of amides is 1. The minimum atomic E-state index is -3.30. The van der Waals surface area contributed by atoms with E-state index in [0.717, 1.165) is 51.0 Å². The van der Waals surface area contributed by atoms with Gasteiger partial charge >= 0.3 is 0 Å². The number of nitrogens with one attached hydrogen (secondary N) is 2. The number of ether oxygens (including phenoxy) is 1. The molecule has 1 aliphatic heterocycles. The maximum absolute atomic E-state index is 12.6. The molecule has 2 aromatic carbocycles. The number of benzene rings is 2. The molecule has 2 N–H and O–H groups in total. The quantitative estimate of drug-likeness (QED) is 0.462. The van der Waals surface area contributed by atoms with Crippen LogP contribution in [0, 0.1) is 11.8 Å². The van der Waals surface area contributed by atoms with E-state index in [2.05, 4.69) is 27.1 Å². The van der Waals surface area contributed by atoms with Crippen LogP contribution in [0.5, 0.6) is 11.5 Å². The Balaban J connectivity index is 0.00000361. The highest BCUT2D eigenvalue weighted by molar-refractivity contribution is 7.92. The summed E-state index contributed by atoms with van der Waals surface area (Å²) < 4.78 is 30.9. The second-order valence-corrected chi connectivity index (χ2v) is 11.7. The van der Waals surface area contributed by atoms with Gasteiger partial charge in [0, 0.05) is 24.7 Å². The largest absolute Gasteiger partial charge is 0.457 e. The molecule has 1 saturated carbocycles. The summed E-state index contributed by atoms with van der Waals surface area (Å²) in [5.41, 5.74) is 1.71. The zero-order valence-corrected chi connectivity index (χ0v) is 22.6. The molecule has 4 rings (SSSR count). The lowest BCUT2D eigenvalue weighted by Gasteiger charge is -2.32. The average Bonchev–Trinajstić information content (AvgIpc) is 2.85. The van der Waals surface area contributed by atoms with Gasteiger partial charge in [-0.3, -0.25) is 14.4 Å². The van der Waals surface area contributed by atoms with Gasteiger partial charge in [-0.25, -0.2) is 8.42 Å². The number of hydrogen-bond donors (Lipinski definition) is 2. The number of likely N-dealkylation sites (tertiary alicyclic amines) is 1. The first kappa shape index (κ1) is 28.3. The molecule has 0 aromatic heterocycles. The molecule has 0 bridgehead atoms. The van der Waals surface area contributed by atoms with Gasteiger partial charge in [-0.1, -0.05) is 31.4 Å². The van der Waals surface area contributed by atoms with Crippen molar-refractivity contribution >= 4 is 34.0 Å². The van der Waals surface area contributed by atoms with E-state index in [0.29, 0.717) is 17.4 Å². The predicted molar refractivity (Wildman–Crippen MR) is 146 cm³/mol. The Morgan fingerprint density at radius 3 is 2.08 bits per heavy atom. The van der Waals surface area contributed by atoms with Gasteiger partial charge in [0.1, 0.15) is 11.5 Å². The molecule has 0 unspecified atom stereocenters. The Kier molecular flexibility index (Phi) is 10.5. The minimum Gasteiger partial charge on any atom is -0.457 e. The minimum absolute atomic E-state index is 0. The lowest BCUT2D eigenvalue weighted by Crippen LogP contribution is -2.41. The fraction of sp³-hybridized carbons (Fsp3) is 0.519. The first-order chi connectivity index (χ1) is 16.8. The topological polar surface area (TPSA) is 87.7 Å². The van der Waals surface area contributed by atoms with E-state index < -0.39 is 10.0 Å². The molecule has 0 spiro atoms. The Morgan fingerprint density at radius 1 is 0.917 bits per heavy atom. The van der Waals surface area contributed by atoms with Crippen LogP contribution in [-0.2, 0) is 21.4 Å². The van der Waals surface area contributed by atoms with Gasteiger partial charge in [-0.05, 0) is 86.7 Å². The third kappa shape index (κ3) is 8.98. The highest BCUT2D eigenvalue weighted by Crippen LogP contribution is 2.26. The van der Waals surface area contributed by atoms with Gasteiger partial charge in [0.25, 0.3) is 0 Å². The van der Waals surface area contributed by atoms with E-state index in [9.17, 15) is 13.2 Å². The smallest absolute Gasteiger partial charge is 0.229 e. The molecule has 2 aromatic rings. The van der Waals surface area contributed by atoms with E-state index in [1.165, 1.54) is 37.7 Å². The number of carbonyl (C=O) groups excluding carboxylic acids is 1. The van der Waals surface area contributed by atoms with Crippen LogP contribution in [-0.4, -0.2) is 45.1 Å². The number of rotatable bonds is 9. The lowest BCUT2D eigenvalue weighted by molar-refractivity contribution is -0.126. The Hall–Kier alpha value is -2.29. The highest BCUT2D eigenvalue weighted by Gasteiger charge is 2.25. The van der Waals surface area contributed by atoms with E-state index in [1.807, 2.05) is 12.1 Å². The van der Waals surface area contributed by atoms with Gasteiger partial charge in [-0.2, -0.15) is 0 Å². The fourth-order valence-electron chi connectivity index (χ4n) is 5.00. The molecule has 0 radical (unpaired) electrons. The van der Waals surface area contributed by atoms with Crippen LogP contribution in [0.2, 0.25) is 0 Å². The van der Waals surface area contributed by atoms with Gasteiger partial charge in [0.2, 0.25) is 15.9 Å². The first-order valence-electron chi connectivity index (χ1n) is 12.7. The van der Waals surface area contributed by atoms with E-state index in [-0.39, 0.29) is 24.2 Å². The standard InChI is InChI=1S/C27H37N3O4S.ClH/c1-35(32,33)29-24-9-13-26(14-10-24)34-25-11-7-22(8-12-25)20-30-17-15-23(16-18-30)27(31)28-19-21-5-3-2-4-6-21;/h7-14,21,23,29H,2-6,15-20H2,1H3,(H,28,31);1H. The number of carbonyl (C=O) groups is 1. The van der Waals surface area contributed by atoms with Crippen molar-refractivity contribution < 1.29 is 17.9 Å². The van der Waals surface area contributed by atoms with E-state index in [1.54, 1.807) is 24.3 Å². The first-order valence-corrected chi connectivity index (χ1v) is 14.6. The SMILES string of the molecule is CS(=O)(=O)Nc1ccc(Oc2ccc(CN3CCC(C(=O)NCC4CCCCC4)CC3)cc2)cc1.Cl. The summed E-state index contributed by atoms with van der Waals surface area (Å²) in [7, 11) is -3.30. The molecule has 2 fully saturated rings. The molecular formula is C27H38ClN3O4S. The maximum Gasteiger partial charge on any atom is 0.229 e. The van der Waals surface area contributed by atoms with Crippen molar-refractivity contribution in [3.63, 3.8) is 0 Å². The molecule has 0 atom stereocenters. The molecule has 198 valence electrons. The number of halogens is 1. The highest BCUT2D eigenvalue weighted by atomic mass is 35.5. The van der Waals surface area contributed by atoms with Crippen LogP contribution >= 0.6 is 12.4 Å². The molecule has 1 aliphatic carbocycles. The van der Waals surface area contributed by atoms with Crippen LogP contribution in [0.3, 0.4) is 0 Å². The molecule has 1 saturated heterocycles. The molecule has 1 amide bonds. The van der Waals surface area contributed by atoms with Gasteiger partial charge < -0.3 is 10.1 Å². The van der Waals surface area contributed by atoms with Crippen molar-refractivity contribution in [3.05, 3.63) is 54.1 Å². The van der Waals surface area contributed by atoms with Crippen molar-refractivity contribution in [2.45, 2.75) is 51.5 Å². The van der Waals surface area contributed by atoms with Gasteiger partial charge in [0.15, 0.2) is 0 Å². The molecule has 7 nitrogen and oxygen atoms in total. The zero-order chi connectivity index (χ0) is 24.7. The summed E-state index contributed by atoms with van der Waals surface area (Å²) in [5.74, 6) is 2.43. The van der Waals surface area contributed by atoms with E-state index >= 15 is 0 Å². The number of sulfonamides is 1. The number of nitrogens with zero attached hydrogens (tertiary/aromatic N) is 1.